The van der Waals surface area contributed by atoms with E-state index in [9.17, 15) is 24.5 Å². The van der Waals surface area contributed by atoms with E-state index >= 15 is 0 Å². The Balaban J connectivity index is 1.98. The van der Waals surface area contributed by atoms with Gasteiger partial charge in [0, 0.05) is 44.0 Å². The fraction of sp³-hybridized carbons (Fsp3) is 0.200. The van der Waals surface area contributed by atoms with E-state index in [4.69, 9.17) is 14.2 Å². The maximum absolute atomic E-state index is 12.1. The van der Waals surface area contributed by atoms with Crippen molar-refractivity contribution >= 4 is 29.4 Å². The Labute approximate surface area is 176 Å². The Morgan fingerprint density at radius 1 is 1.03 bits per heavy atom. The number of rotatable bonds is 5. The van der Waals surface area contributed by atoms with E-state index in [-0.39, 0.29) is 23.1 Å². The summed E-state index contributed by atoms with van der Waals surface area (Å²) >= 11 is 0. The molecule has 1 aliphatic rings. The lowest BCUT2D eigenvalue weighted by atomic mass is 10.1. The van der Waals surface area contributed by atoms with Crippen LogP contribution in [0, 0.1) is 10.1 Å². The summed E-state index contributed by atoms with van der Waals surface area (Å²) in [5.41, 5.74) is 0.510. The van der Waals surface area contributed by atoms with Crippen molar-refractivity contribution in [3.63, 3.8) is 0 Å². The molecule has 2 aromatic carbocycles. The zero-order valence-corrected chi connectivity index (χ0v) is 16.7. The number of nitro benzene ring substituents is 1. The van der Waals surface area contributed by atoms with Gasteiger partial charge in [-0.1, -0.05) is 6.07 Å². The molecule has 0 fully saturated rings. The SMILES string of the molecule is CC(=O)Oc1ccc([C@@H]2OC(c3cccc([N+](=O)[O-])c3)=NN2C(C)=O)cc1OC(C)=O. The van der Waals surface area contributed by atoms with Crippen LogP contribution < -0.4 is 9.47 Å². The van der Waals surface area contributed by atoms with Gasteiger partial charge >= 0.3 is 11.9 Å². The highest BCUT2D eigenvalue weighted by Crippen LogP contribution is 2.36. The molecule has 1 atom stereocenters. The van der Waals surface area contributed by atoms with Gasteiger partial charge in [0.15, 0.2) is 11.5 Å². The van der Waals surface area contributed by atoms with Gasteiger partial charge in [-0.25, -0.2) is 0 Å². The standard InChI is InChI=1S/C20H17N3O8/c1-11(24)22-20(31-19(21-22)14-5-4-6-16(9-14)23(27)28)15-7-8-17(29-12(2)25)18(10-15)30-13(3)26/h4-10,20H,1-3H3/t20-/m0/s1. The Kier molecular flexibility index (Phi) is 5.95. The first-order chi connectivity index (χ1) is 14.7. The first-order valence-corrected chi connectivity index (χ1v) is 8.96. The fourth-order valence-electron chi connectivity index (χ4n) is 2.80. The number of hydrogen-bond acceptors (Lipinski definition) is 9. The molecule has 0 bridgehead atoms. The number of amides is 1. The van der Waals surface area contributed by atoms with Crippen LogP contribution in [0.2, 0.25) is 0 Å². The Morgan fingerprint density at radius 3 is 2.32 bits per heavy atom. The lowest BCUT2D eigenvalue weighted by molar-refractivity contribution is -0.384. The molecule has 0 unspecified atom stereocenters. The number of hydrogen-bond donors (Lipinski definition) is 0. The van der Waals surface area contributed by atoms with Crippen LogP contribution in [0.4, 0.5) is 5.69 Å². The third kappa shape index (κ3) is 4.83. The topological polar surface area (TPSA) is 138 Å². The number of ether oxygens (including phenoxy) is 3. The van der Waals surface area contributed by atoms with Crippen molar-refractivity contribution in [3.8, 4) is 11.5 Å². The van der Waals surface area contributed by atoms with Gasteiger partial charge in [-0.15, -0.1) is 5.10 Å². The van der Waals surface area contributed by atoms with E-state index in [0.29, 0.717) is 11.1 Å². The second-order valence-corrected chi connectivity index (χ2v) is 6.44. The molecule has 1 aliphatic heterocycles. The number of non-ortho nitro benzene ring substituents is 1. The van der Waals surface area contributed by atoms with Crippen molar-refractivity contribution in [2.45, 2.75) is 27.0 Å². The maximum Gasteiger partial charge on any atom is 0.308 e. The average Bonchev–Trinajstić information content (AvgIpc) is 3.14. The van der Waals surface area contributed by atoms with Crippen LogP contribution in [0.15, 0.2) is 47.6 Å². The monoisotopic (exact) mass is 427 g/mol. The quantitative estimate of drug-likeness (QED) is 0.307. The smallest absolute Gasteiger partial charge is 0.308 e. The van der Waals surface area contributed by atoms with E-state index in [1.165, 1.54) is 57.2 Å². The molecule has 3 rings (SSSR count). The van der Waals surface area contributed by atoms with E-state index in [2.05, 4.69) is 5.10 Å². The highest BCUT2D eigenvalue weighted by Gasteiger charge is 2.34. The predicted octanol–water partition coefficient (Wildman–Crippen LogP) is 2.68. The van der Waals surface area contributed by atoms with Gasteiger partial charge in [-0.05, 0) is 24.3 Å². The molecular formula is C20H17N3O8. The Hall–Kier alpha value is -4.28. The molecule has 11 heteroatoms. The minimum absolute atomic E-state index is 0.00185. The van der Waals surface area contributed by atoms with Gasteiger partial charge in [0.2, 0.25) is 18.0 Å². The van der Waals surface area contributed by atoms with Crippen molar-refractivity contribution in [1.29, 1.82) is 0 Å². The molecule has 1 amide bonds. The van der Waals surface area contributed by atoms with Crippen LogP contribution in [0.1, 0.15) is 38.1 Å². The zero-order chi connectivity index (χ0) is 22.7. The first kappa shape index (κ1) is 21.4. The molecule has 0 saturated heterocycles. The molecule has 160 valence electrons. The summed E-state index contributed by atoms with van der Waals surface area (Å²) < 4.78 is 15.9. The number of nitro groups is 1. The van der Waals surface area contributed by atoms with Crippen LogP contribution >= 0.6 is 0 Å². The molecule has 31 heavy (non-hydrogen) atoms. The third-order valence-electron chi connectivity index (χ3n) is 4.03. The van der Waals surface area contributed by atoms with Crippen LogP contribution in [-0.4, -0.2) is 33.7 Å². The highest BCUT2D eigenvalue weighted by atomic mass is 16.6. The average molecular weight is 427 g/mol. The van der Waals surface area contributed by atoms with Crippen molar-refractivity contribution in [3.05, 3.63) is 63.7 Å². The van der Waals surface area contributed by atoms with E-state index in [1.54, 1.807) is 6.07 Å². The molecule has 11 nitrogen and oxygen atoms in total. The van der Waals surface area contributed by atoms with Crippen molar-refractivity contribution in [1.82, 2.24) is 5.01 Å². The molecule has 0 spiro atoms. The number of nitrogens with zero attached hydrogens (tertiary/aromatic N) is 3. The molecule has 0 saturated carbocycles. The summed E-state index contributed by atoms with van der Waals surface area (Å²) in [6.45, 7) is 3.65. The molecule has 0 aliphatic carbocycles. The minimum Gasteiger partial charge on any atom is -0.446 e. The molecule has 1 heterocycles. The lowest BCUT2D eigenvalue weighted by Crippen LogP contribution is -2.25. The van der Waals surface area contributed by atoms with Crippen LogP contribution in [0.25, 0.3) is 0 Å². The van der Waals surface area contributed by atoms with E-state index in [0.717, 1.165) is 5.01 Å². The van der Waals surface area contributed by atoms with Crippen LogP contribution in [0.5, 0.6) is 11.5 Å². The number of carbonyl (C=O) groups is 3. The summed E-state index contributed by atoms with van der Waals surface area (Å²) in [6.07, 6.45) is -1.03. The minimum atomic E-state index is -1.03. The molecule has 0 aromatic heterocycles. The number of esters is 2. The second-order valence-electron chi connectivity index (χ2n) is 6.44. The maximum atomic E-state index is 12.1. The van der Waals surface area contributed by atoms with Gasteiger partial charge < -0.3 is 14.2 Å². The fourth-order valence-corrected chi connectivity index (χ4v) is 2.80. The van der Waals surface area contributed by atoms with Crippen molar-refractivity contribution in [2.75, 3.05) is 0 Å². The van der Waals surface area contributed by atoms with E-state index < -0.39 is 29.0 Å². The van der Waals surface area contributed by atoms with Crippen LogP contribution in [-0.2, 0) is 19.1 Å². The summed E-state index contributed by atoms with van der Waals surface area (Å²) in [7, 11) is 0. The summed E-state index contributed by atoms with van der Waals surface area (Å²) in [4.78, 5) is 45.4. The second kappa shape index (κ2) is 8.61. The number of carbonyl (C=O) groups excluding carboxylic acids is 3. The lowest BCUT2D eigenvalue weighted by Gasteiger charge is -2.20. The van der Waals surface area contributed by atoms with Crippen LogP contribution in [0.3, 0.4) is 0 Å². The predicted molar refractivity (Wildman–Crippen MR) is 105 cm³/mol. The Bertz CT molecular complexity index is 1110. The Morgan fingerprint density at radius 2 is 1.71 bits per heavy atom. The number of hydrazone groups is 1. The molecular weight excluding hydrogens is 410 g/mol. The first-order valence-electron chi connectivity index (χ1n) is 8.96. The van der Waals surface area contributed by atoms with Gasteiger partial charge in [-0.2, -0.15) is 5.01 Å². The van der Waals surface area contributed by atoms with Crippen molar-refractivity contribution < 1.29 is 33.5 Å². The number of benzene rings is 2. The largest absolute Gasteiger partial charge is 0.446 e. The van der Waals surface area contributed by atoms with E-state index in [1.807, 2.05) is 0 Å². The zero-order valence-electron chi connectivity index (χ0n) is 16.7. The summed E-state index contributed by atoms with van der Waals surface area (Å²) in [5, 5.41) is 16.2. The third-order valence-corrected chi connectivity index (χ3v) is 4.03. The van der Waals surface area contributed by atoms with Gasteiger partial charge in [0.1, 0.15) is 0 Å². The molecule has 0 N–H and O–H groups in total. The summed E-state index contributed by atoms with van der Waals surface area (Å²) in [6, 6.07) is 9.90. The van der Waals surface area contributed by atoms with Gasteiger partial charge in [-0.3, -0.25) is 24.5 Å². The van der Waals surface area contributed by atoms with Gasteiger partial charge in [0.25, 0.3) is 5.69 Å². The van der Waals surface area contributed by atoms with Crippen molar-refractivity contribution in [2.24, 2.45) is 5.10 Å². The summed E-state index contributed by atoms with van der Waals surface area (Å²) in [5.74, 6) is -1.74. The molecule has 0 radical (unpaired) electrons. The molecule has 2 aromatic rings. The highest BCUT2D eigenvalue weighted by molar-refractivity contribution is 5.96. The normalized spacial score (nSPS) is 15.0. The van der Waals surface area contributed by atoms with Gasteiger partial charge in [0.05, 0.1) is 4.92 Å².